The molecule has 3 aromatic rings. The van der Waals surface area contributed by atoms with Crippen LogP contribution in [0, 0.1) is 0 Å². The lowest BCUT2D eigenvalue weighted by atomic mass is 9.99. The van der Waals surface area contributed by atoms with Crippen LogP contribution in [-0.2, 0) is 11.3 Å². The van der Waals surface area contributed by atoms with E-state index in [4.69, 9.17) is 9.47 Å². The number of hydrogen-bond acceptors (Lipinski definition) is 5. The van der Waals surface area contributed by atoms with Crippen LogP contribution in [0.3, 0.4) is 0 Å². The summed E-state index contributed by atoms with van der Waals surface area (Å²) in [6.07, 6.45) is 3.92. The number of hydrogen-bond donors (Lipinski definition) is 2. The Bertz CT molecular complexity index is 1250. The average molecular weight is 454 g/mol. The van der Waals surface area contributed by atoms with Gasteiger partial charge in [0.05, 0.1) is 17.0 Å². The Balaban J connectivity index is 1.35. The average Bonchev–Trinajstić information content (AvgIpc) is 3.46. The zero-order valence-electron chi connectivity index (χ0n) is 19.0. The van der Waals surface area contributed by atoms with E-state index in [1.807, 2.05) is 42.5 Å². The molecule has 0 aromatic heterocycles. The molecule has 3 aromatic carbocycles. The van der Waals surface area contributed by atoms with Gasteiger partial charge in [-0.1, -0.05) is 48.9 Å². The highest BCUT2D eigenvalue weighted by molar-refractivity contribution is 6.37. The molecule has 0 radical (unpaired) electrons. The molecule has 2 N–H and O–H groups in total. The second-order valence-corrected chi connectivity index (χ2v) is 8.98. The lowest BCUT2D eigenvalue weighted by Crippen LogP contribution is -2.29. The van der Waals surface area contributed by atoms with Crippen LogP contribution in [-0.4, -0.2) is 30.7 Å². The van der Waals surface area contributed by atoms with Crippen LogP contribution in [0.15, 0.2) is 66.7 Å². The number of anilines is 2. The SMILES string of the molecule is O=C1Nc2cc3c(cc2/C1=C(/Nc1ccc(CN2CCCCC2)cc1)c1ccccc1)OCO3. The summed E-state index contributed by atoms with van der Waals surface area (Å²) in [4.78, 5) is 15.7. The minimum Gasteiger partial charge on any atom is -0.454 e. The molecule has 0 atom stereocenters. The first kappa shape index (κ1) is 20.8. The van der Waals surface area contributed by atoms with E-state index in [1.54, 1.807) is 0 Å². The molecule has 6 heteroatoms. The van der Waals surface area contributed by atoms with E-state index in [1.165, 1.54) is 37.9 Å². The Labute approximate surface area is 199 Å². The summed E-state index contributed by atoms with van der Waals surface area (Å²) in [7, 11) is 0. The molecule has 6 nitrogen and oxygen atoms in total. The summed E-state index contributed by atoms with van der Waals surface area (Å²) in [6, 6.07) is 22.2. The smallest absolute Gasteiger partial charge is 0.258 e. The van der Waals surface area contributed by atoms with Crippen molar-refractivity contribution in [1.82, 2.24) is 4.90 Å². The van der Waals surface area contributed by atoms with Crippen LogP contribution < -0.4 is 20.1 Å². The Kier molecular flexibility index (Phi) is 5.43. The molecule has 0 spiro atoms. The first-order chi connectivity index (χ1) is 16.7. The van der Waals surface area contributed by atoms with Gasteiger partial charge < -0.3 is 20.1 Å². The Hall–Kier alpha value is -3.77. The van der Waals surface area contributed by atoms with Crippen LogP contribution in [0.2, 0.25) is 0 Å². The molecular weight excluding hydrogens is 426 g/mol. The molecular formula is C28H27N3O3. The predicted octanol–water partition coefficient (Wildman–Crippen LogP) is 5.33. The highest BCUT2D eigenvalue weighted by atomic mass is 16.7. The minimum absolute atomic E-state index is 0.147. The van der Waals surface area contributed by atoms with Gasteiger partial charge in [0.1, 0.15) is 0 Å². The fraction of sp³-hybridized carbons (Fsp3) is 0.250. The zero-order valence-corrected chi connectivity index (χ0v) is 19.0. The van der Waals surface area contributed by atoms with E-state index < -0.39 is 0 Å². The lowest BCUT2D eigenvalue weighted by molar-refractivity contribution is -0.110. The minimum atomic E-state index is -0.147. The van der Waals surface area contributed by atoms with Gasteiger partial charge >= 0.3 is 0 Å². The fourth-order valence-electron chi connectivity index (χ4n) is 4.90. The molecule has 1 amide bonds. The number of likely N-dealkylation sites (tertiary alicyclic amines) is 1. The Morgan fingerprint density at radius 1 is 0.912 bits per heavy atom. The van der Waals surface area contributed by atoms with E-state index in [-0.39, 0.29) is 12.7 Å². The van der Waals surface area contributed by atoms with Gasteiger partial charge in [-0.15, -0.1) is 0 Å². The standard InChI is InChI=1S/C28H27N3O3/c32-28-26(22-15-24-25(34-18-33-24)16-23(22)30-28)27(20-7-3-1-4-8-20)29-21-11-9-19(10-12-21)17-31-13-5-2-6-14-31/h1,3-4,7-12,15-16,29H,2,5-6,13-14,17-18H2,(H,30,32)/b27-26-. The van der Waals surface area contributed by atoms with Crippen LogP contribution in [0.4, 0.5) is 11.4 Å². The fourth-order valence-corrected chi connectivity index (χ4v) is 4.90. The van der Waals surface area contributed by atoms with Crippen molar-refractivity contribution in [2.75, 3.05) is 30.5 Å². The summed E-state index contributed by atoms with van der Waals surface area (Å²) in [5, 5.41) is 6.53. The van der Waals surface area contributed by atoms with Gasteiger partial charge in [-0.3, -0.25) is 9.69 Å². The Morgan fingerprint density at radius 2 is 1.65 bits per heavy atom. The maximum Gasteiger partial charge on any atom is 0.258 e. The van der Waals surface area contributed by atoms with Crippen LogP contribution in [0.25, 0.3) is 11.3 Å². The Morgan fingerprint density at radius 3 is 2.41 bits per heavy atom. The van der Waals surface area contributed by atoms with E-state index in [0.717, 1.165) is 34.7 Å². The quantitative estimate of drug-likeness (QED) is 0.511. The topological polar surface area (TPSA) is 62.8 Å². The molecule has 3 aliphatic rings. The predicted molar refractivity (Wildman–Crippen MR) is 134 cm³/mol. The molecule has 0 unspecified atom stereocenters. The van der Waals surface area contributed by atoms with Gasteiger partial charge in [-0.05, 0) is 55.3 Å². The van der Waals surface area contributed by atoms with Crippen molar-refractivity contribution in [2.45, 2.75) is 25.8 Å². The van der Waals surface area contributed by atoms with Crippen molar-refractivity contribution in [3.05, 3.63) is 83.4 Å². The van der Waals surface area contributed by atoms with E-state index in [9.17, 15) is 4.79 Å². The molecule has 172 valence electrons. The number of rotatable bonds is 5. The van der Waals surface area contributed by atoms with Gasteiger partial charge in [-0.25, -0.2) is 0 Å². The third-order valence-electron chi connectivity index (χ3n) is 6.65. The molecule has 1 saturated heterocycles. The number of piperidine rings is 1. The van der Waals surface area contributed by atoms with Crippen molar-refractivity contribution in [3.63, 3.8) is 0 Å². The van der Waals surface area contributed by atoms with Crippen LogP contribution >= 0.6 is 0 Å². The first-order valence-electron chi connectivity index (χ1n) is 11.9. The zero-order chi connectivity index (χ0) is 22.9. The molecule has 3 aliphatic heterocycles. The number of benzene rings is 3. The normalized spacial score (nSPS) is 18.4. The highest BCUT2D eigenvalue weighted by Crippen LogP contribution is 2.45. The third-order valence-corrected chi connectivity index (χ3v) is 6.65. The van der Waals surface area contributed by atoms with Crippen molar-refractivity contribution in [2.24, 2.45) is 0 Å². The summed E-state index contributed by atoms with van der Waals surface area (Å²) in [5.41, 5.74) is 6.08. The number of carbonyl (C=O) groups is 1. The second kappa shape index (κ2) is 8.88. The van der Waals surface area contributed by atoms with Crippen molar-refractivity contribution >= 4 is 28.6 Å². The number of fused-ring (bicyclic) bond motifs is 2. The van der Waals surface area contributed by atoms with E-state index in [0.29, 0.717) is 17.1 Å². The van der Waals surface area contributed by atoms with E-state index >= 15 is 0 Å². The molecule has 6 rings (SSSR count). The molecule has 0 aliphatic carbocycles. The maximum absolute atomic E-state index is 13.1. The summed E-state index contributed by atoms with van der Waals surface area (Å²) < 4.78 is 11.1. The summed E-state index contributed by atoms with van der Waals surface area (Å²) in [6.45, 7) is 3.53. The number of carbonyl (C=O) groups excluding carboxylic acids is 1. The van der Waals surface area contributed by atoms with Gasteiger partial charge in [0.25, 0.3) is 5.91 Å². The number of nitrogens with zero attached hydrogens (tertiary/aromatic N) is 1. The monoisotopic (exact) mass is 453 g/mol. The van der Waals surface area contributed by atoms with Gasteiger partial charge in [0.15, 0.2) is 11.5 Å². The summed E-state index contributed by atoms with van der Waals surface area (Å²) >= 11 is 0. The van der Waals surface area contributed by atoms with Gasteiger partial charge in [0, 0.05) is 23.9 Å². The van der Waals surface area contributed by atoms with Crippen molar-refractivity contribution in [1.29, 1.82) is 0 Å². The summed E-state index contributed by atoms with van der Waals surface area (Å²) in [5.74, 6) is 1.16. The molecule has 0 bridgehead atoms. The van der Waals surface area contributed by atoms with E-state index in [2.05, 4.69) is 39.8 Å². The number of nitrogens with one attached hydrogen (secondary N) is 2. The second-order valence-electron chi connectivity index (χ2n) is 8.98. The molecule has 1 fully saturated rings. The van der Waals surface area contributed by atoms with Crippen LogP contribution in [0.5, 0.6) is 11.5 Å². The third kappa shape index (κ3) is 4.01. The largest absolute Gasteiger partial charge is 0.454 e. The van der Waals surface area contributed by atoms with Gasteiger partial charge in [0.2, 0.25) is 6.79 Å². The molecule has 34 heavy (non-hydrogen) atoms. The molecule has 3 heterocycles. The maximum atomic E-state index is 13.1. The number of ether oxygens (including phenoxy) is 2. The lowest BCUT2D eigenvalue weighted by Gasteiger charge is -2.26. The van der Waals surface area contributed by atoms with Crippen molar-refractivity contribution in [3.8, 4) is 11.5 Å². The number of amides is 1. The van der Waals surface area contributed by atoms with Crippen molar-refractivity contribution < 1.29 is 14.3 Å². The van der Waals surface area contributed by atoms with Gasteiger partial charge in [-0.2, -0.15) is 0 Å². The highest BCUT2D eigenvalue weighted by Gasteiger charge is 2.31. The molecule has 0 saturated carbocycles. The van der Waals surface area contributed by atoms with Crippen LogP contribution in [0.1, 0.15) is 36.0 Å². The first-order valence-corrected chi connectivity index (χ1v) is 11.9.